The molecule has 1 aromatic rings. The number of phenols is 2. The summed E-state index contributed by atoms with van der Waals surface area (Å²) in [5, 5.41) is 20.6. The van der Waals surface area contributed by atoms with Gasteiger partial charge in [0.25, 0.3) is 5.91 Å². The summed E-state index contributed by atoms with van der Waals surface area (Å²) in [5.41, 5.74) is 5.02. The molecule has 1 atom stereocenters. The largest absolute Gasteiger partial charge is 0.508 e. The van der Waals surface area contributed by atoms with Crippen molar-refractivity contribution in [2.45, 2.75) is 13.0 Å². The van der Waals surface area contributed by atoms with Crippen LogP contribution in [0.25, 0.3) is 0 Å². The fourth-order valence-corrected chi connectivity index (χ4v) is 1.08. The van der Waals surface area contributed by atoms with E-state index in [-0.39, 0.29) is 17.1 Å². The number of nitrogens with one attached hydrogen (secondary N) is 1. The Morgan fingerprint density at radius 1 is 1.25 bits per heavy atom. The average Bonchev–Trinajstić information content (AvgIpc) is 2.15. The average molecular weight is 224 g/mol. The first-order valence-electron chi connectivity index (χ1n) is 4.53. The standard InChI is InChI=1S/C10H12N2O4/c1-5(9(11)15)12-10(16)6-2-7(13)4-8(14)3-6/h2-5,13-14H,1H3,(H2,11,15)(H,12,16). The third-order valence-corrected chi connectivity index (χ3v) is 1.94. The maximum atomic E-state index is 11.5. The second-order valence-corrected chi connectivity index (χ2v) is 3.34. The van der Waals surface area contributed by atoms with Crippen molar-refractivity contribution in [1.82, 2.24) is 5.32 Å². The summed E-state index contributed by atoms with van der Waals surface area (Å²) in [5.74, 6) is -1.75. The van der Waals surface area contributed by atoms with E-state index in [1.54, 1.807) is 0 Å². The molecule has 0 radical (unpaired) electrons. The van der Waals surface area contributed by atoms with Gasteiger partial charge < -0.3 is 21.3 Å². The molecule has 6 nitrogen and oxygen atoms in total. The third-order valence-electron chi connectivity index (χ3n) is 1.94. The number of primary amides is 1. The number of phenolic OH excluding ortho intramolecular Hbond substituents is 2. The van der Waals surface area contributed by atoms with Crippen LogP contribution in [0.4, 0.5) is 0 Å². The molecule has 1 rings (SSSR count). The molecule has 2 amide bonds. The lowest BCUT2D eigenvalue weighted by atomic mass is 10.1. The van der Waals surface area contributed by atoms with Gasteiger partial charge in [-0.3, -0.25) is 9.59 Å². The van der Waals surface area contributed by atoms with Gasteiger partial charge in [0.2, 0.25) is 5.91 Å². The molecule has 0 aliphatic heterocycles. The Morgan fingerprint density at radius 2 is 1.75 bits per heavy atom. The third kappa shape index (κ3) is 2.88. The molecule has 0 aliphatic rings. The van der Waals surface area contributed by atoms with Crippen LogP contribution in [0.15, 0.2) is 18.2 Å². The smallest absolute Gasteiger partial charge is 0.252 e. The molecule has 0 bridgehead atoms. The van der Waals surface area contributed by atoms with Crippen molar-refractivity contribution in [2.75, 3.05) is 0 Å². The van der Waals surface area contributed by atoms with E-state index in [1.165, 1.54) is 19.1 Å². The molecule has 0 spiro atoms. The molecule has 1 unspecified atom stereocenters. The lowest BCUT2D eigenvalue weighted by Crippen LogP contribution is -2.42. The van der Waals surface area contributed by atoms with E-state index < -0.39 is 17.9 Å². The molecular weight excluding hydrogens is 212 g/mol. The number of hydrogen-bond donors (Lipinski definition) is 4. The van der Waals surface area contributed by atoms with Crippen LogP contribution < -0.4 is 11.1 Å². The van der Waals surface area contributed by atoms with Crippen molar-refractivity contribution in [1.29, 1.82) is 0 Å². The van der Waals surface area contributed by atoms with Crippen molar-refractivity contribution < 1.29 is 19.8 Å². The van der Waals surface area contributed by atoms with Gasteiger partial charge in [0.15, 0.2) is 0 Å². The number of hydrogen-bond acceptors (Lipinski definition) is 4. The summed E-state index contributed by atoms with van der Waals surface area (Å²) in [6.07, 6.45) is 0. The van der Waals surface area contributed by atoms with E-state index in [0.717, 1.165) is 6.07 Å². The first kappa shape index (κ1) is 11.8. The zero-order chi connectivity index (χ0) is 12.3. The van der Waals surface area contributed by atoms with Crippen LogP contribution in [-0.2, 0) is 4.79 Å². The zero-order valence-corrected chi connectivity index (χ0v) is 8.60. The number of aromatic hydroxyl groups is 2. The Hall–Kier alpha value is -2.24. The predicted octanol–water partition coefficient (Wildman–Crippen LogP) is -0.299. The van der Waals surface area contributed by atoms with Gasteiger partial charge in [-0.2, -0.15) is 0 Å². The Balaban J connectivity index is 2.84. The summed E-state index contributed by atoms with van der Waals surface area (Å²) in [6.45, 7) is 1.43. The van der Waals surface area contributed by atoms with E-state index in [0.29, 0.717) is 0 Å². The van der Waals surface area contributed by atoms with Gasteiger partial charge in [-0.15, -0.1) is 0 Å². The summed E-state index contributed by atoms with van der Waals surface area (Å²) in [7, 11) is 0. The van der Waals surface area contributed by atoms with Crippen LogP contribution in [0.1, 0.15) is 17.3 Å². The highest BCUT2D eigenvalue weighted by molar-refractivity contribution is 5.97. The van der Waals surface area contributed by atoms with Gasteiger partial charge in [-0.1, -0.05) is 0 Å². The van der Waals surface area contributed by atoms with Crippen molar-refractivity contribution in [3.05, 3.63) is 23.8 Å². The van der Waals surface area contributed by atoms with Crippen LogP contribution in [0.2, 0.25) is 0 Å². The fourth-order valence-electron chi connectivity index (χ4n) is 1.08. The highest BCUT2D eigenvalue weighted by Crippen LogP contribution is 2.20. The van der Waals surface area contributed by atoms with E-state index in [2.05, 4.69) is 5.32 Å². The van der Waals surface area contributed by atoms with Gasteiger partial charge in [0, 0.05) is 11.6 Å². The van der Waals surface area contributed by atoms with Gasteiger partial charge in [-0.05, 0) is 19.1 Å². The Bertz CT molecular complexity index is 411. The minimum atomic E-state index is -0.822. The summed E-state index contributed by atoms with van der Waals surface area (Å²) < 4.78 is 0. The van der Waals surface area contributed by atoms with Crippen LogP contribution in [0.3, 0.4) is 0 Å². The normalized spacial score (nSPS) is 11.8. The highest BCUT2D eigenvalue weighted by Gasteiger charge is 2.14. The second-order valence-electron chi connectivity index (χ2n) is 3.34. The van der Waals surface area contributed by atoms with E-state index in [4.69, 9.17) is 15.9 Å². The molecular formula is C10H12N2O4. The molecule has 0 heterocycles. The van der Waals surface area contributed by atoms with Crippen molar-refractivity contribution in [3.8, 4) is 11.5 Å². The van der Waals surface area contributed by atoms with E-state index >= 15 is 0 Å². The molecule has 0 saturated carbocycles. The van der Waals surface area contributed by atoms with Gasteiger partial charge in [0.05, 0.1) is 0 Å². The van der Waals surface area contributed by atoms with Crippen LogP contribution >= 0.6 is 0 Å². The van der Waals surface area contributed by atoms with E-state index in [9.17, 15) is 9.59 Å². The van der Waals surface area contributed by atoms with Crippen molar-refractivity contribution >= 4 is 11.8 Å². The summed E-state index contributed by atoms with van der Waals surface area (Å²) in [6, 6.07) is 2.61. The first-order chi connectivity index (χ1) is 7.40. The number of carbonyl (C=O) groups excluding carboxylic acids is 2. The number of nitrogens with two attached hydrogens (primary N) is 1. The molecule has 5 N–H and O–H groups in total. The topological polar surface area (TPSA) is 113 Å². The minimum absolute atomic E-state index is 0.0469. The molecule has 86 valence electrons. The number of carbonyl (C=O) groups is 2. The highest BCUT2D eigenvalue weighted by atomic mass is 16.3. The molecule has 0 aliphatic carbocycles. The van der Waals surface area contributed by atoms with Crippen molar-refractivity contribution in [2.24, 2.45) is 5.73 Å². The molecule has 1 aromatic carbocycles. The summed E-state index contributed by atoms with van der Waals surface area (Å²) >= 11 is 0. The predicted molar refractivity (Wildman–Crippen MR) is 55.9 cm³/mol. The Morgan fingerprint density at radius 3 is 2.19 bits per heavy atom. The Kier molecular flexibility index (Phi) is 3.34. The van der Waals surface area contributed by atoms with Gasteiger partial charge >= 0.3 is 0 Å². The summed E-state index contributed by atoms with van der Waals surface area (Å²) in [4.78, 5) is 22.2. The molecule has 6 heteroatoms. The Labute approximate surface area is 91.7 Å². The monoisotopic (exact) mass is 224 g/mol. The number of rotatable bonds is 3. The molecule has 0 saturated heterocycles. The maximum absolute atomic E-state index is 11.5. The second kappa shape index (κ2) is 4.52. The maximum Gasteiger partial charge on any atom is 0.252 e. The molecule has 16 heavy (non-hydrogen) atoms. The fraction of sp³-hybridized carbons (Fsp3) is 0.200. The van der Waals surface area contributed by atoms with E-state index in [1.807, 2.05) is 0 Å². The van der Waals surface area contributed by atoms with Crippen LogP contribution in [0, 0.1) is 0 Å². The quantitative estimate of drug-likeness (QED) is 0.564. The van der Waals surface area contributed by atoms with Crippen LogP contribution in [-0.4, -0.2) is 28.1 Å². The SMILES string of the molecule is CC(NC(=O)c1cc(O)cc(O)c1)C(N)=O. The lowest BCUT2D eigenvalue weighted by Gasteiger charge is -2.10. The van der Waals surface area contributed by atoms with Gasteiger partial charge in [0.1, 0.15) is 17.5 Å². The van der Waals surface area contributed by atoms with Crippen molar-refractivity contribution in [3.63, 3.8) is 0 Å². The lowest BCUT2D eigenvalue weighted by molar-refractivity contribution is -0.119. The zero-order valence-electron chi connectivity index (χ0n) is 8.60. The molecule has 0 aromatic heterocycles. The number of amides is 2. The minimum Gasteiger partial charge on any atom is -0.508 e. The first-order valence-corrected chi connectivity index (χ1v) is 4.53. The van der Waals surface area contributed by atoms with Gasteiger partial charge in [-0.25, -0.2) is 0 Å². The number of benzene rings is 1. The molecule has 0 fully saturated rings. The van der Waals surface area contributed by atoms with Crippen LogP contribution in [0.5, 0.6) is 11.5 Å².